The number of hydrogen-bond acceptors (Lipinski definition) is 2. The maximum absolute atomic E-state index is 11.0. The third-order valence-electron chi connectivity index (χ3n) is 1.95. The molecule has 0 unspecified atom stereocenters. The van der Waals surface area contributed by atoms with Gasteiger partial charge >= 0.3 is 0 Å². The standard InChI is InChI=1S/C11H10N2O2/c1-2-3-7-6-8(10(12)14)4-5-9(7)11(13)15/h1,4-6H,3H2,(H2,12,14)(H2,13,15). The lowest BCUT2D eigenvalue weighted by atomic mass is 10.0. The lowest BCUT2D eigenvalue weighted by Crippen LogP contribution is -2.16. The fourth-order valence-corrected chi connectivity index (χ4v) is 1.24. The number of amides is 2. The Hall–Kier alpha value is -2.28. The quantitative estimate of drug-likeness (QED) is 0.679. The molecule has 1 aromatic carbocycles. The van der Waals surface area contributed by atoms with Crippen LogP contribution in [0.1, 0.15) is 26.3 Å². The summed E-state index contributed by atoms with van der Waals surface area (Å²) in [6.07, 6.45) is 5.37. The minimum atomic E-state index is -0.573. The van der Waals surface area contributed by atoms with Crippen LogP contribution in [0.4, 0.5) is 0 Å². The van der Waals surface area contributed by atoms with Crippen LogP contribution in [0.3, 0.4) is 0 Å². The van der Waals surface area contributed by atoms with Crippen molar-refractivity contribution in [3.8, 4) is 12.3 Å². The van der Waals surface area contributed by atoms with Gasteiger partial charge in [-0.2, -0.15) is 0 Å². The number of rotatable bonds is 3. The zero-order chi connectivity index (χ0) is 11.4. The van der Waals surface area contributed by atoms with E-state index >= 15 is 0 Å². The summed E-state index contributed by atoms with van der Waals surface area (Å²) in [5.41, 5.74) is 11.4. The van der Waals surface area contributed by atoms with Crippen molar-refractivity contribution in [3.05, 3.63) is 34.9 Å². The topological polar surface area (TPSA) is 86.2 Å². The van der Waals surface area contributed by atoms with Crippen LogP contribution in [0.2, 0.25) is 0 Å². The molecule has 4 N–H and O–H groups in total. The van der Waals surface area contributed by atoms with E-state index in [0.29, 0.717) is 16.7 Å². The number of primary amides is 2. The Morgan fingerprint density at radius 2 is 1.93 bits per heavy atom. The summed E-state index contributed by atoms with van der Waals surface area (Å²) in [7, 11) is 0. The number of benzene rings is 1. The molecule has 0 atom stereocenters. The van der Waals surface area contributed by atoms with Gasteiger partial charge in [-0.05, 0) is 23.8 Å². The van der Waals surface area contributed by atoms with Crippen LogP contribution in [0.5, 0.6) is 0 Å². The molecule has 0 heterocycles. The van der Waals surface area contributed by atoms with Gasteiger partial charge in [-0.1, -0.05) is 0 Å². The molecule has 0 fully saturated rings. The van der Waals surface area contributed by atoms with E-state index in [9.17, 15) is 9.59 Å². The normalized spacial score (nSPS) is 9.27. The van der Waals surface area contributed by atoms with E-state index in [2.05, 4.69) is 5.92 Å². The first kappa shape index (κ1) is 10.8. The van der Waals surface area contributed by atoms with Crippen molar-refractivity contribution < 1.29 is 9.59 Å². The monoisotopic (exact) mass is 202 g/mol. The van der Waals surface area contributed by atoms with E-state index < -0.39 is 11.8 Å². The van der Waals surface area contributed by atoms with Gasteiger partial charge in [0.1, 0.15) is 0 Å². The molecule has 1 rings (SSSR count). The average Bonchev–Trinajstić information content (AvgIpc) is 2.17. The SMILES string of the molecule is C#CCc1cc(C(N)=O)ccc1C(N)=O. The van der Waals surface area contributed by atoms with Gasteiger partial charge < -0.3 is 11.5 Å². The first-order valence-corrected chi connectivity index (χ1v) is 4.22. The molecular weight excluding hydrogens is 192 g/mol. The lowest BCUT2D eigenvalue weighted by molar-refractivity contribution is 0.0987. The van der Waals surface area contributed by atoms with E-state index in [-0.39, 0.29) is 6.42 Å². The molecule has 0 bridgehead atoms. The lowest BCUT2D eigenvalue weighted by Gasteiger charge is -2.05. The second-order valence-corrected chi connectivity index (χ2v) is 2.98. The highest BCUT2D eigenvalue weighted by Gasteiger charge is 2.10. The van der Waals surface area contributed by atoms with Crippen LogP contribution in [0.25, 0.3) is 0 Å². The molecule has 0 aliphatic rings. The second-order valence-electron chi connectivity index (χ2n) is 2.98. The van der Waals surface area contributed by atoms with Crippen molar-refractivity contribution >= 4 is 11.8 Å². The number of terminal acetylenes is 1. The first-order valence-electron chi connectivity index (χ1n) is 4.22. The highest BCUT2D eigenvalue weighted by Crippen LogP contribution is 2.12. The molecule has 4 nitrogen and oxygen atoms in total. The van der Waals surface area contributed by atoms with Crippen molar-refractivity contribution in [2.45, 2.75) is 6.42 Å². The largest absolute Gasteiger partial charge is 0.366 e. The van der Waals surface area contributed by atoms with Gasteiger partial charge in [0.2, 0.25) is 11.8 Å². The third kappa shape index (κ3) is 2.35. The first-order chi connectivity index (χ1) is 7.06. The van der Waals surface area contributed by atoms with E-state index in [1.807, 2.05) is 0 Å². The average molecular weight is 202 g/mol. The molecule has 0 radical (unpaired) electrons. The summed E-state index contributed by atoms with van der Waals surface area (Å²) in [6.45, 7) is 0. The third-order valence-corrected chi connectivity index (χ3v) is 1.95. The van der Waals surface area contributed by atoms with Crippen molar-refractivity contribution in [1.82, 2.24) is 0 Å². The molecule has 2 amide bonds. The van der Waals surface area contributed by atoms with Gasteiger partial charge in [-0.15, -0.1) is 12.3 Å². The molecule has 76 valence electrons. The summed E-state index contributed by atoms with van der Waals surface area (Å²) < 4.78 is 0. The maximum atomic E-state index is 11.0. The molecular formula is C11H10N2O2. The fraction of sp³-hybridized carbons (Fsp3) is 0.0909. The van der Waals surface area contributed by atoms with E-state index in [0.717, 1.165) is 0 Å². The highest BCUT2D eigenvalue weighted by molar-refractivity contribution is 5.97. The molecule has 0 saturated carbocycles. The number of hydrogen-bond donors (Lipinski definition) is 2. The zero-order valence-corrected chi connectivity index (χ0v) is 7.99. The number of carbonyl (C=O) groups excluding carboxylic acids is 2. The number of nitrogens with two attached hydrogens (primary N) is 2. The molecule has 0 saturated heterocycles. The van der Waals surface area contributed by atoms with Crippen LogP contribution in [0.15, 0.2) is 18.2 Å². The van der Waals surface area contributed by atoms with Crippen LogP contribution in [-0.4, -0.2) is 11.8 Å². The van der Waals surface area contributed by atoms with Crippen LogP contribution in [-0.2, 0) is 6.42 Å². The summed E-state index contributed by atoms with van der Waals surface area (Å²) in [6, 6.07) is 4.39. The summed E-state index contributed by atoms with van der Waals surface area (Å²) in [5, 5.41) is 0. The predicted molar refractivity (Wildman–Crippen MR) is 56.0 cm³/mol. The van der Waals surface area contributed by atoms with E-state index in [4.69, 9.17) is 17.9 Å². The van der Waals surface area contributed by atoms with Gasteiger partial charge in [0, 0.05) is 17.5 Å². The van der Waals surface area contributed by atoms with Crippen molar-refractivity contribution in [2.24, 2.45) is 11.5 Å². The van der Waals surface area contributed by atoms with Crippen molar-refractivity contribution in [3.63, 3.8) is 0 Å². The maximum Gasteiger partial charge on any atom is 0.249 e. The molecule has 1 aromatic rings. The van der Waals surface area contributed by atoms with Crippen LogP contribution < -0.4 is 11.5 Å². The second kappa shape index (κ2) is 4.29. The minimum Gasteiger partial charge on any atom is -0.366 e. The van der Waals surface area contributed by atoms with E-state index in [1.165, 1.54) is 18.2 Å². The zero-order valence-electron chi connectivity index (χ0n) is 7.99. The summed E-state index contributed by atoms with van der Waals surface area (Å²) in [4.78, 5) is 21.9. The van der Waals surface area contributed by atoms with Crippen LogP contribution >= 0.6 is 0 Å². The Morgan fingerprint density at radius 3 is 2.40 bits per heavy atom. The molecule has 15 heavy (non-hydrogen) atoms. The van der Waals surface area contributed by atoms with Crippen LogP contribution in [0, 0.1) is 12.3 Å². The van der Waals surface area contributed by atoms with Gasteiger partial charge in [-0.25, -0.2) is 0 Å². The van der Waals surface area contributed by atoms with Gasteiger partial charge in [0.15, 0.2) is 0 Å². The molecule has 4 heteroatoms. The van der Waals surface area contributed by atoms with Crippen molar-refractivity contribution in [2.75, 3.05) is 0 Å². The Labute approximate surface area is 87.3 Å². The fourth-order valence-electron chi connectivity index (χ4n) is 1.24. The van der Waals surface area contributed by atoms with Gasteiger partial charge in [0.25, 0.3) is 0 Å². The smallest absolute Gasteiger partial charge is 0.249 e. The summed E-state index contributed by atoms with van der Waals surface area (Å²) in [5.74, 6) is 1.25. The Balaban J connectivity index is 3.27. The molecule has 0 aliphatic heterocycles. The van der Waals surface area contributed by atoms with Gasteiger partial charge in [0.05, 0.1) is 0 Å². The Bertz CT molecular complexity index is 458. The highest BCUT2D eigenvalue weighted by atomic mass is 16.1. The molecule has 0 aliphatic carbocycles. The number of carbonyl (C=O) groups is 2. The Kier molecular flexibility index (Phi) is 3.09. The summed E-state index contributed by atoms with van der Waals surface area (Å²) >= 11 is 0. The van der Waals surface area contributed by atoms with E-state index in [1.54, 1.807) is 0 Å². The van der Waals surface area contributed by atoms with Gasteiger partial charge in [-0.3, -0.25) is 9.59 Å². The molecule has 0 aromatic heterocycles. The minimum absolute atomic E-state index is 0.236. The molecule has 0 spiro atoms. The van der Waals surface area contributed by atoms with Crippen molar-refractivity contribution in [1.29, 1.82) is 0 Å². The Morgan fingerprint density at radius 1 is 1.27 bits per heavy atom. The predicted octanol–water partition coefficient (Wildman–Crippen LogP) is 0.0601.